The number of hydrogen-bond acceptors (Lipinski definition) is 3. The first-order valence-electron chi connectivity index (χ1n) is 10.9. The van der Waals surface area contributed by atoms with E-state index in [1.807, 2.05) is 30.3 Å². The summed E-state index contributed by atoms with van der Waals surface area (Å²) in [7, 11) is 0. The molecule has 0 aromatic heterocycles. The van der Waals surface area contributed by atoms with Gasteiger partial charge in [-0.1, -0.05) is 42.5 Å². The zero-order chi connectivity index (χ0) is 27.2. The Bertz CT molecular complexity index is 1210. The molecule has 0 saturated heterocycles. The van der Waals surface area contributed by atoms with Crippen LogP contribution in [0, 0.1) is 0 Å². The van der Waals surface area contributed by atoms with Crippen LogP contribution in [-0.2, 0) is 41.4 Å². The van der Waals surface area contributed by atoms with Crippen molar-refractivity contribution in [2.45, 2.75) is 37.8 Å². The third kappa shape index (κ3) is 8.26. The molecule has 2 N–H and O–H groups in total. The number of carbonyl (C=O) groups is 2. The van der Waals surface area contributed by atoms with Crippen LogP contribution in [0.15, 0.2) is 72.8 Å². The number of ether oxygens (including phenoxy) is 1. The molecule has 0 aliphatic rings. The highest BCUT2D eigenvalue weighted by Gasteiger charge is 2.37. The topological polar surface area (TPSA) is 75.6 Å². The predicted octanol–water partition coefficient (Wildman–Crippen LogP) is 5.66. The van der Waals surface area contributed by atoms with Gasteiger partial charge in [0, 0.05) is 6.42 Å². The number of nitrogens with one attached hydrogen (secondary N) is 1. The number of halogens is 6. The van der Waals surface area contributed by atoms with Gasteiger partial charge in [-0.15, -0.1) is 0 Å². The third-order valence-corrected chi connectivity index (χ3v) is 5.23. The van der Waals surface area contributed by atoms with Gasteiger partial charge in [0.05, 0.1) is 17.5 Å². The van der Waals surface area contributed by atoms with Gasteiger partial charge in [-0.05, 0) is 47.0 Å². The molecule has 0 saturated carbocycles. The van der Waals surface area contributed by atoms with E-state index in [0.29, 0.717) is 23.4 Å². The zero-order valence-corrected chi connectivity index (χ0v) is 19.1. The van der Waals surface area contributed by atoms with E-state index >= 15 is 0 Å². The molecule has 3 rings (SSSR count). The summed E-state index contributed by atoms with van der Waals surface area (Å²) < 4.78 is 84.1. The number of carboxylic acids is 1. The molecule has 0 spiro atoms. The largest absolute Gasteiger partial charge is 0.489 e. The standard InChI is InChI=1S/C26H21F6NO4/c27-25(28,29)19-9-18(10-20(14-19)26(30,31)32)13-23(34)33-22(24(35)36)12-17-7-4-8-21(11-17)37-15-16-5-2-1-3-6-16/h1-11,14,22H,12-13,15H2,(H,33,34)(H,35,36)/t22-/m0/s1. The summed E-state index contributed by atoms with van der Waals surface area (Å²) in [6.07, 6.45) is -11.2. The van der Waals surface area contributed by atoms with Gasteiger partial charge >= 0.3 is 18.3 Å². The second kappa shape index (κ2) is 11.4. The van der Waals surface area contributed by atoms with Gasteiger partial charge in [0.2, 0.25) is 5.91 Å². The Morgan fingerprint density at radius 1 is 0.784 bits per heavy atom. The van der Waals surface area contributed by atoms with Crippen LogP contribution in [0.2, 0.25) is 0 Å². The minimum atomic E-state index is -5.07. The monoisotopic (exact) mass is 525 g/mol. The van der Waals surface area contributed by atoms with Gasteiger partial charge in [-0.25, -0.2) is 4.79 Å². The highest BCUT2D eigenvalue weighted by molar-refractivity contribution is 5.85. The molecule has 37 heavy (non-hydrogen) atoms. The van der Waals surface area contributed by atoms with Crippen molar-refractivity contribution in [3.8, 4) is 5.75 Å². The number of benzene rings is 3. The summed E-state index contributed by atoms with van der Waals surface area (Å²) in [5.41, 5.74) is -2.29. The van der Waals surface area contributed by atoms with E-state index in [1.165, 1.54) is 0 Å². The lowest BCUT2D eigenvalue weighted by molar-refractivity contribution is -0.143. The van der Waals surface area contributed by atoms with E-state index in [9.17, 15) is 41.0 Å². The molecule has 0 bridgehead atoms. The summed E-state index contributed by atoms with van der Waals surface area (Å²) >= 11 is 0. The van der Waals surface area contributed by atoms with Crippen LogP contribution in [0.1, 0.15) is 27.8 Å². The number of rotatable bonds is 9. The van der Waals surface area contributed by atoms with Crippen molar-refractivity contribution in [1.82, 2.24) is 5.32 Å². The fourth-order valence-electron chi connectivity index (χ4n) is 3.49. The zero-order valence-electron chi connectivity index (χ0n) is 19.1. The minimum absolute atomic E-state index is 0.0473. The fraction of sp³-hybridized carbons (Fsp3) is 0.231. The number of carboxylic acid groups (broad SMARTS) is 1. The van der Waals surface area contributed by atoms with Crippen molar-refractivity contribution in [2.75, 3.05) is 0 Å². The average molecular weight is 525 g/mol. The maximum absolute atomic E-state index is 13.1. The summed E-state index contributed by atoms with van der Waals surface area (Å²) in [6.45, 7) is 0.264. The van der Waals surface area contributed by atoms with Crippen LogP contribution in [-0.4, -0.2) is 23.0 Å². The average Bonchev–Trinajstić information content (AvgIpc) is 2.82. The highest BCUT2D eigenvalue weighted by atomic mass is 19.4. The van der Waals surface area contributed by atoms with Gasteiger partial charge in [0.25, 0.3) is 0 Å². The Kier molecular flexibility index (Phi) is 8.46. The Balaban J connectivity index is 1.70. The normalized spacial score (nSPS) is 12.6. The number of carbonyl (C=O) groups excluding carboxylic acids is 1. The van der Waals surface area contributed by atoms with Crippen molar-refractivity contribution in [1.29, 1.82) is 0 Å². The van der Waals surface area contributed by atoms with E-state index < -0.39 is 53.4 Å². The van der Waals surface area contributed by atoms with Crippen molar-refractivity contribution in [3.05, 3.63) is 101 Å². The summed E-state index contributed by atoms with van der Waals surface area (Å²) in [5, 5.41) is 11.7. The van der Waals surface area contributed by atoms with Crippen molar-refractivity contribution < 1.29 is 45.8 Å². The molecule has 0 unspecified atom stereocenters. The van der Waals surface area contributed by atoms with Crippen molar-refractivity contribution in [2.24, 2.45) is 0 Å². The molecule has 0 fully saturated rings. The second-order valence-electron chi connectivity index (χ2n) is 8.18. The molecular formula is C26H21F6NO4. The molecule has 196 valence electrons. The van der Waals surface area contributed by atoms with Crippen LogP contribution in [0.5, 0.6) is 5.75 Å². The smallest absolute Gasteiger partial charge is 0.416 e. The molecule has 0 radical (unpaired) electrons. The first-order chi connectivity index (χ1) is 17.3. The molecule has 3 aromatic rings. The molecule has 0 aliphatic heterocycles. The molecule has 1 atom stereocenters. The van der Waals surface area contributed by atoms with Crippen LogP contribution in [0.25, 0.3) is 0 Å². The number of amides is 1. The lowest BCUT2D eigenvalue weighted by Gasteiger charge is -2.17. The molecule has 0 heterocycles. The molecule has 3 aromatic carbocycles. The van der Waals surface area contributed by atoms with Gasteiger partial charge in [-0.2, -0.15) is 26.3 Å². The van der Waals surface area contributed by atoms with E-state index in [1.54, 1.807) is 24.3 Å². The Labute approximate surface area is 207 Å². The summed E-state index contributed by atoms with van der Waals surface area (Å²) in [5.74, 6) is -2.03. The lowest BCUT2D eigenvalue weighted by atomic mass is 10.0. The lowest BCUT2D eigenvalue weighted by Crippen LogP contribution is -2.43. The Morgan fingerprint density at radius 3 is 1.95 bits per heavy atom. The van der Waals surface area contributed by atoms with Crippen LogP contribution in [0.3, 0.4) is 0 Å². The quantitative estimate of drug-likeness (QED) is 0.354. The Hall–Kier alpha value is -4.02. The van der Waals surface area contributed by atoms with Crippen LogP contribution >= 0.6 is 0 Å². The van der Waals surface area contributed by atoms with E-state index in [0.717, 1.165) is 5.56 Å². The van der Waals surface area contributed by atoms with E-state index in [4.69, 9.17) is 4.74 Å². The third-order valence-electron chi connectivity index (χ3n) is 5.23. The highest BCUT2D eigenvalue weighted by Crippen LogP contribution is 2.36. The SMILES string of the molecule is O=C(Cc1cc(C(F)(F)F)cc(C(F)(F)F)c1)N[C@@H](Cc1cccc(OCc2ccccc2)c1)C(=O)O. The number of aliphatic carboxylic acids is 1. The predicted molar refractivity (Wildman–Crippen MR) is 121 cm³/mol. The van der Waals surface area contributed by atoms with Crippen LogP contribution in [0.4, 0.5) is 26.3 Å². The van der Waals surface area contributed by atoms with Crippen molar-refractivity contribution in [3.63, 3.8) is 0 Å². The fourth-order valence-corrected chi connectivity index (χ4v) is 3.49. The first-order valence-corrected chi connectivity index (χ1v) is 10.9. The van der Waals surface area contributed by atoms with Gasteiger partial charge in [-0.3, -0.25) is 4.79 Å². The maximum Gasteiger partial charge on any atom is 0.416 e. The first kappa shape index (κ1) is 27.6. The Morgan fingerprint density at radius 2 is 1.38 bits per heavy atom. The summed E-state index contributed by atoms with van der Waals surface area (Å²) in [6, 6.07) is 15.1. The van der Waals surface area contributed by atoms with Gasteiger partial charge in [0.1, 0.15) is 18.4 Å². The molecule has 5 nitrogen and oxygen atoms in total. The maximum atomic E-state index is 13.1. The molecule has 11 heteroatoms. The minimum Gasteiger partial charge on any atom is -0.489 e. The van der Waals surface area contributed by atoms with Gasteiger partial charge in [0.15, 0.2) is 0 Å². The molecule has 1 amide bonds. The van der Waals surface area contributed by atoms with Gasteiger partial charge < -0.3 is 15.2 Å². The van der Waals surface area contributed by atoms with Crippen LogP contribution < -0.4 is 10.1 Å². The number of hydrogen-bond donors (Lipinski definition) is 2. The van der Waals surface area contributed by atoms with E-state index in [-0.39, 0.29) is 19.1 Å². The second-order valence-corrected chi connectivity index (χ2v) is 8.18. The summed E-state index contributed by atoms with van der Waals surface area (Å²) in [4.78, 5) is 24.1. The molecule has 0 aliphatic carbocycles. The molecular weight excluding hydrogens is 504 g/mol. The van der Waals surface area contributed by atoms with E-state index in [2.05, 4.69) is 5.32 Å². The number of alkyl halides is 6. The van der Waals surface area contributed by atoms with Crippen molar-refractivity contribution >= 4 is 11.9 Å².